The van der Waals surface area contributed by atoms with Crippen LogP contribution in [0.4, 0.5) is 4.79 Å². The number of aliphatic carboxylic acids is 1. The number of urea groups is 1. The van der Waals surface area contributed by atoms with E-state index < -0.39 is 11.4 Å². The number of hydrogen-bond acceptors (Lipinski definition) is 2. The molecule has 0 aromatic carbocycles. The topological polar surface area (TPSA) is 60.9 Å². The van der Waals surface area contributed by atoms with Crippen molar-refractivity contribution >= 4 is 12.0 Å². The van der Waals surface area contributed by atoms with Crippen LogP contribution in [0.15, 0.2) is 0 Å². The average Bonchev–Trinajstić information content (AvgIpc) is 2.60. The predicted octanol–water partition coefficient (Wildman–Crippen LogP) is 2.81. The van der Waals surface area contributed by atoms with Crippen LogP contribution in [0.5, 0.6) is 0 Å². The van der Waals surface area contributed by atoms with Crippen LogP contribution in [-0.4, -0.2) is 53.1 Å². The number of piperidine rings is 1. The van der Waals surface area contributed by atoms with E-state index in [4.69, 9.17) is 0 Å². The summed E-state index contributed by atoms with van der Waals surface area (Å²) in [7, 11) is 0. The molecule has 5 nitrogen and oxygen atoms in total. The van der Waals surface area contributed by atoms with Gasteiger partial charge in [-0.2, -0.15) is 0 Å². The zero-order chi connectivity index (χ0) is 15.7. The summed E-state index contributed by atoms with van der Waals surface area (Å²) < 4.78 is 0. The van der Waals surface area contributed by atoms with E-state index in [1.807, 2.05) is 9.80 Å². The van der Waals surface area contributed by atoms with E-state index in [1.54, 1.807) is 6.92 Å². The van der Waals surface area contributed by atoms with Crippen molar-refractivity contribution in [1.29, 1.82) is 0 Å². The minimum absolute atomic E-state index is 0.0974. The van der Waals surface area contributed by atoms with E-state index in [1.165, 1.54) is 0 Å². The van der Waals surface area contributed by atoms with Crippen molar-refractivity contribution in [2.24, 2.45) is 10.8 Å². The lowest BCUT2D eigenvalue weighted by Gasteiger charge is -2.38. The summed E-state index contributed by atoms with van der Waals surface area (Å²) in [5, 5.41) is 9.25. The van der Waals surface area contributed by atoms with Crippen LogP contribution < -0.4 is 0 Å². The van der Waals surface area contributed by atoms with Crippen LogP contribution in [-0.2, 0) is 4.79 Å². The number of carboxylic acid groups (broad SMARTS) is 1. The van der Waals surface area contributed by atoms with Crippen LogP contribution in [0.25, 0.3) is 0 Å². The van der Waals surface area contributed by atoms with Gasteiger partial charge in [-0.15, -0.1) is 0 Å². The summed E-state index contributed by atoms with van der Waals surface area (Å²) in [6, 6.07) is 0.0974. The number of rotatable bonds is 1. The van der Waals surface area contributed by atoms with Crippen molar-refractivity contribution in [1.82, 2.24) is 9.80 Å². The first kappa shape index (κ1) is 16.1. The van der Waals surface area contributed by atoms with Crippen LogP contribution in [0.3, 0.4) is 0 Å². The quantitative estimate of drug-likeness (QED) is 0.809. The molecule has 120 valence electrons. The van der Waals surface area contributed by atoms with Crippen molar-refractivity contribution in [2.45, 2.75) is 52.9 Å². The summed E-state index contributed by atoms with van der Waals surface area (Å²) >= 11 is 0. The SMILES string of the molecule is CC1(C)CCCN(C(=O)N2CCC(C)(C(=O)O)CC2)CC1. The molecule has 0 unspecified atom stereocenters. The maximum Gasteiger partial charge on any atom is 0.319 e. The Balaban J connectivity index is 1.91. The van der Waals surface area contributed by atoms with Gasteiger partial charge in [0.1, 0.15) is 0 Å². The van der Waals surface area contributed by atoms with Crippen molar-refractivity contribution in [2.75, 3.05) is 26.2 Å². The molecule has 0 spiro atoms. The summed E-state index contributed by atoms with van der Waals surface area (Å²) in [4.78, 5) is 27.7. The molecule has 2 saturated heterocycles. The molecule has 0 atom stereocenters. The number of likely N-dealkylation sites (tertiary alicyclic amines) is 2. The van der Waals surface area contributed by atoms with Crippen LogP contribution >= 0.6 is 0 Å². The van der Waals surface area contributed by atoms with E-state index in [2.05, 4.69) is 13.8 Å². The highest BCUT2D eigenvalue weighted by molar-refractivity contribution is 5.77. The Morgan fingerprint density at radius 1 is 0.857 bits per heavy atom. The number of amides is 2. The molecule has 0 bridgehead atoms. The number of carbonyl (C=O) groups is 2. The molecule has 2 aliphatic heterocycles. The molecule has 0 saturated carbocycles. The normalized spacial score (nSPS) is 25.3. The fourth-order valence-electron chi connectivity index (χ4n) is 3.22. The molecule has 21 heavy (non-hydrogen) atoms. The molecule has 2 aliphatic rings. The van der Waals surface area contributed by atoms with E-state index >= 15 is 0 Å². The smallest absolute Gasteiger partial charge is 0.319 e. The molecule has 0 aromatic rings. The van der Waals surface area contributed by atoms with Crippen molar-refractivity contribution < 1.29 is 14.7 Å². The Bertz CT molecular complexity index is 412. The Kier molecular flexibility index (Phi) is 4.49. The third-order valence-electron chi connectivity index (χ3n) is 5.26. The lowest BCUT2D eigenvalue weighted by Crippen LogP contribution is -2.50. The number of hydrogen-bond donors (Lipinski definition) is 1. The van der Waals surface area contributed by atoms with Gasteiger partial charge in [0.2, 0.25) is 0 Å². The molecule has 0 aliphatic carbocycles. The van der Waals surface area contributed by atoms with Gasteiger partial charge in [0.15, 0.2) is 0 Å². The monoisotopic (exact) mass is 296 g/mol. The van der Waals surface area contributed by atoms with Gasteiger partial charge in [-0.25, -0.2) is 4.79 Å². The third-order valence-corrected chi connectivity index (χ3v) is 5.26. The largest absolute Gasteiger partial charge is 0.481 e. The zero-order valence-corrected chi connectivity index (χ0v) is 13.5. The Morgan fingerprint density at radius 3 is 1.95 bits per heavy atom. The molecular weight excluding hydrogens is 268 g/mol. The molecule has 0 radical (unpaired) electrons. The lowest BCUT2D eigenvalue weighted by atomic mass is 9.80. The minimum atomic E-state index is -0.744. The summed E-state index contributed by atoms with van der Waals surface area (Å²) in [5.74, 6) is -0.744. The highest BCUT2D eigenvalue weighted by Crippen LogP contribution is 2.33. The van der Waals surface area contributed by atoms with Crippen LogP contribution in [0.1, 0.15) is 52.9 Å². The van der Waals surface area contributed by atoms with Crippen molar-refractivity contribution in [3.05, 3.63) is 0 Å². The van der Waals surface area contributed by atoms with Crippen LogP contribution in [0.2, 0.25) is 0 Å². The zero-order valence-electron chi connectivity index (χ0n) is 13.5. The van der Waals surface area contributed by atoms with E-state index in [0.29, 0.717) is 31.3 Å². The molecule has 0 aromatic heterocycles. The Labute approximate surface area is 127 Å². The van der Waals surface area contributed by atoms with Gasteiger partial charge < -0.3 is 14.9 Å². The fraction of sp³-hybridized carbons (Fsp3) is 0.875. The number of carbonyl (C=O) groups excluding carboxylic acids is 1. The lowest BCUT2D eigenvalue weighted by molar-refractivity contribution is -0.150. The molecule has 2 rings (SSSR count). The maximum absolute atomic E-state index is 12.6. The van der Waals surface area contributed by atoms with Crippen molar-refractivity contribution in [3.63, 3.8) is 0 Å². The van der Waals surface area contributed by atoms with Gasteiger partial charge >= 0.3 is 12.0 Å². The molecule has 2 amide bonds. The van der Waals surface area contributed by atoms with Gasteiger partial charge in [-0.05, 0) is 44.4 Å². The molecule has 5 heteroatoms. The molecular formula is C16H28N2O3. The number of nitrogens with zero attached hydrogens (tertiary/aromatic N) is 2. The highest BCUT2D eigenvalue weighted by Gasteiger charge is 2.39. The van der Waals surface area contributed by atoms with E-state index in [9.17, 15) is 14.7 Å². The molecule has 2 heterocycles. The standard InChI is InChI=1S/C16H28N2O3/c1-15(2)5-4-9-17(10-6-15)14(21)18-11-7-16(3,8-12-18)13(19)20/h4-12H2,1-3H3,(H,19,20). The summed E-state index contributed by atoms with van der Waals surface area (Å²) in [6.07, 6.45) is 4.35. The number of carboxylic acids is 1. The maximum atomic E-state index is 12.6. The van der Waals surface area contributed by atoms with Gasteiger partial charge in [0, 0.05) is 26.2 Å². The van der Waals surface area contributed by atoms with Gasteiger partial charge in [-0.3, -0.25) is 4.79 Å². The second kappa shape index (κ2) is 5.85. The first-order valence-electron chi connectivity index (χ1n) is 8.01. The molecule has 2 fully saturated rings. The Morgan fingerprint density at radius 2 is 1.38 bits per heavy atom. The van der Waals surface area contributed by atoms with Crippen molar-refractivity contribution in [3.8, 4) is 0 Å². The first-order valence-corrected chi connectivity index (χ1v) is 8.01. The second-order valence-corrected chi connectivity index (χ2v) is 7.64. The van der Waals surface area contributed by atoms with Gasteiger partial charge in [-0.1, -0.05) is 13.8 Å². The van der Waals surface area contributed by atoms with Gasteiger partial charge in [0.05, 0.1) is 5.41 Å². The summed E-state index contributed by atoms with van der Waals surface area (Å²) in [5.41, 5.74) is -0.351. The first-order chi connectivity index (χ1) is 9.73. The van der Waals surface area contributed by atoms with E-state index in [-0.39, 0.29) is 6.03 Å². The summed E-state index contributed by atoms with van der Waals surface area (Å²) in [6.45, 7) is 9.07. The average molecular weight is 296 g/mol. The minimum Gasteiger partial charge on any atom is -0.481 e. The second-order valence-electron chi connectivity index (χ2n) is 7.64. The third kappa shape index (κ3) is 3.69. The Hall–Kier alpha value is -1.26. The molecule has 1 N–H and O–H groups in total. The van der Waals surface area contributed by atoms with Crippen LogP contribution in [0, 0.1) is 10.8 Å². The van der Waals surface area contributed by atoms with Gasteiger partial charge in [0.25, 0.3) is 0 Å². The predicted molar refractivity (Wildman–Crippen MR) is 81.2 cm³/mol. The van der Waals surface area contributed by atoms with E-state index in [0.717, 1.165) is 32.4 Å². The fourth-order valence-corrected chi connectivity index (χ4v) is 3.22. The highest BCUT2D eigenvalue weighted by atomic mass is 16.4.